The second-order valence-electron chi connectivity index (χ2n) is 5.49. The van der Waals surface area contributed by atoms with Crippen molar-refractivity contribution in [3.05, 3.63) is 88.7 Å². The Morgan fingerprint density at radius 2 is 1.57 bits per heavy atom. The average Bonchev–Trinajstić information content (AvgIpc) is 3.11. The molecule has 1 aromatic heterocycles. The maximum absolute atomic E-state index is 6.37. The number of aromatic nitrogens is 1. The molecule has 0 bridgehead atoms. The molecule has 112 valence electrons. The Morgan fingerprint density at radius 3 is 2.43 bits per heavy atom. The number of benzene rings is 3. The van der Waals surface area contributed by atoms with E-state index in [1.807, 2.05) is 30.3 Å². The summed E-state index contributed by atoms with van der Waals surface area (Å²) in [5.41, 5.74) is 9.61. The first kappa shape index (κ1) is 14.1. The van der Waals surface area contributed by atoms with E-state index in [0.29, 0.717) is 0 Å². The monoisotopic (exact) mass is 316 g/mol. The Kier molecular flexibility index (Phi) is 3.66. The molecular weight excluding hydrogens is 300 g/mol. The van der Waals surface area contributed by atoms with Crippen LogP contribution in [0.25, 0.3) is 22.0 Å². The van der Waals surface area contributed by atoms with Gasteiger partial charge in [-0.2, -0.15) is 0 Å². The molecule has 0 aliphatic heterocycles. The van der Waals surface area contributed by atoms with Gasteiger partial charge < -0.3 is 5.73 Å². The summed E-state index contributed by atoms with van der Waals surface area (Å²) in [5, 5.41) is 5.49. The van der Waals surface area contributed by atoms with Crippen molar-refractivity contribution in [1.82, 2.24) is 4.98 Å². The van der Waals surface area contributed by atoms with Crippen molar-refractivity contribution in [3.8, 4) is 11.3 Å². The van der Waals surface area contributed by atoms with Crippen LogP contribution in [0.2, 0.25) is 0 Å². The number of nitrogens with two attached hydrogens (primary N) is 1. The molecule has 23 heavy (non-hydrogen) atoms. The molecule has 0 radical (unpaired) electrons. The number of hydrogen-bond donors (Lipinski definition) is 1. The Labute approximate surface area is 139 Å². The molecule has 0 aliphatic carbocycles. The van der Waals surface area contributed by atoms with Gasteiger partial charge in [0.1, 0.15) is 5.01 Å². The molecule has 1 atom stereocenters. The fourth-order valence-corrected chi connectivity index (χ4v) is 3.65. The molecule has 0 saturated heterocycles. The first-order valence-electron chi connectivity index (χ1n) is 7.57. The van der Waals surface area contributed by atoms with Gasteiger partial charge in [0.05, 0.1) is 11.7 Å². The molecule has 0 amide bonds. The van der Waals surface area contributed by atoms with Gasteiger partial charge in [-0.25, -0.2) is 4.98 Å². The molecule has 2 N–H and O–H groups in total. The van der Waals surface area contributed by atoms with Crippen LogP contribution in [0.1, 0.15) is 16.6 Å². The summed E-state index contributed by atoms with van der Waals surface area (Å²) < 4.78 is 0. The standard InChI is InChI=1S/C20H16N2S/c21-19(15-8-2-1-3-9-15)20-22-18(13-23-20)17-12-6-10-14-7-4-5-11-16(14)17/h1-13,19H,21H2. The van der Waals surface area contributed by atoms with Crippen LogP contribution >= 0.6 is 11.3 Å². The van der Waals surface area contributed by atoms with E-state index in [-0.39, 0.29) is 6.04 Å². The van der Waals surface area contributed by atoms with E-state index >= 15 is 0 Å². The molecule has 3 heteroatoms. The van der Waals surface area contributed by atoms with Crippen LogP contribution in [-0.4, -0.2) is 4.98 Å². The summed E-state index contributed by atoms with van der Waals surface area (Å²) in [6.45, 7) is 0. The van der Waals surface area contributed by atoms with Crippen LogP contribution in [-0.2, 0) is 0 Å². The maximum Gasteiger partial charge on any atom is 0.115 e. The van der Waals surface area contributed by atoms with Gasteiger partial charge in [-0.3, -0.25) is 0 Å². The fraction of sp³-hybridized carbons (Fsp3) is 0.0500. The van der Waals surface area contributed by atoms with Crippen molar-refractivity contribution in [2.75, 3.05) is 0 Å². The second-order valence-corrected chi connectivity index (χ2v) is 6.38. The van der Waals surface area contributed by atoms with Crippen LogP contribution in [0.15, 0.2) is 78.2 Å². The van der Waals surface area contributed by atoms with Crippen molar-refractivity contribution < 1.29 is 0 Å². The van der Waals surface area contributed by atoms with Gasteiger partial charge >= 0.3 is 0 Å². The van der Waals surface area contributed by atoms with Crippen molar-refractivity contribution in [2.24, 2.45) is 5.73 Å². The lowest BCUT2D eigenvalue weighted by atomic mass is 10.0. The minimum atomic E-state index is -0.176. The summed E-state index contributed by atoms with van der Waals surface area (Å²) in [7, 11) is 0. The third-order valence-electron chi connectivity index (χ3n) is 4.01. The molecule has 1 unspecified atom stereocenters. The van der Waals surface area contributed by atoms with Crippen LogP contribution in [0, 0.1) is 0 Å². The molecule has 0 spiro atoms. The first-order chi connectivity index (χ1) is 11.3. The van der Waals surface area contributed by atoms with Crippen molar-refractivity contribution >= 4 is 22.1 Å². The van der Waals surface area contributed by atoms with Crippen LogP contribution in [0.4, 0.5) is 0 Å². The number of rotatable bonds is 3. The first-order valence-corrected chi connectivity index (χ1v) is 8.45. The molecule has 0 saturated carbocycles. The number of nitrogens with zero attached hydrogens (tertiary/aromatic N) is 1. The summed E-state index contributed by atoms with van der Waals surface area (Å²) in [5.74, 6) is 0. The molecule has 4 aromatic rings. The van der Waals surface area contributed by atoms with Crippen molar-refractivity contribution in [3.63, 3.8) is 0 Å². The van der Waals surface area contributed by atoms with E-state index in [9.17, 15) is 0 Å². The van der Waals surface area contributed by atoms with Crippen LogP contribution in [0.5, 0.6) is 0 Å². The van der Waals surface area contributed by atoms with E-state index < -0.39 is 0 Å². The van der Waals surface area contributed by atoms with Gasteiger partial charge in [0, 0.05) is 10.9 Å². The van der Waals surface area contributed by atoms with Crippen molar-refractivity contribution in [2.45, 2.75) is 6.04 Å². The zero-order chi connectivity index (χ0) is 15.6. The Hall–Kier alpha value is -2.49. The predicted octanol–water partition coefficient (Wildman–Crippen LogP) is 5.01. The van der Waals surface area contributed by atoms with Gasteiger partial charge in [0.2, 0.25) is 0 Å². The lowest BCUT2D eigenvalue weighted by Crippen LogP contribution is -2.11. The zero-order valence-corrected chi connectivity index (χ0v) is 13.3. The van der Waals surface area contributed by atoms with E-state index in [2.05, 4.69) is 47.8 Å². The largest absolute Gasteiger partial charge is 0.318 e. The maximum atomic E-state index is 6.37. The third-order valence-corrected chi connectivity index (χ3v) is 4.94. The highest BCUT2D eigenvalue weighted by molar-refractivity contribution is 7.10. The second kappa shape index (κ2) is 5.95. The lowest BCUT2D eigenvalue weighted by Gasteiger charge is -2.08. The Balaban J connectivity index is 1.75. The quantitative estimate of drug-likeness (QED) is 0.577. The molecule has 3 aromatic carbocycles. The van der Waals surface area contributed by atoms with Gasteiger partial charge in [0.15, 0.2) is 0 Å². The molecule has 0 fully saturated rings. The highest BCUT2D eigenvalue weighted by Gasteiger charge is 2.14. The summed E-state index contributed by atoms with van der Waals surface area (Å²) >= 11 is 1.62. The van der Waals surface area contributed by atoms with E-state index in [0.717, 1.165) is 21.8 Å². The SMILES string of the molecule is NC(c1ccccc1)c1nc(-c2cccc3ccccc23)cs1. The summed E-state index contributed by atoms with van der Waals surface area (Å²) in [6, 6.07) is 24.6. The van der Waals surface area contributed by atoms with Gasteiger partial charge in [-0.15, -0.1) is 11.3 Å². The average molecular weight is 316 g/mol. The Morgan fingerprint density at radius 1 is 0.826 bits per heavy atom. The number of fused-ring (bicyclic) bond motifs is 1. The highest BCUT2D eigenvalue weighted by atomic mass is 32.1. The molecular formula is C20H16N2S. The number of thiazole rings is 1. The normalized spacial score (nSPS) is 12.4. The molecule has 4 rings (SSSR count). The number of hydrogen-bond acceptors (Lipinski definition) is 3. The molecule has 2 nitrogen and oxygen atoms in total. The van der Waals surface area contributed by atoms with Crippen LogP contribution < -0.4 is 5.73 Å². The van der Waals surface area contributed by atoms with E-state index in [1.165, 1.54) is 10.8 Å². The summed E-state index contributed by atoms with van der Waals surface area (Å²) in [6.07, 6.45) is 0. The fourth-order valence-electron chi connectivity index (χ4n) is 2.81. The Bertz CT molecular complexity index is 939. The van der Waals surface area contributed by atoms with E-state index in [1.54, 1.807) is 11.3 Å². The van der Waals surface area contributed by atoms with E-state index in [4.69, 9.17) is 10.7 Å². The third kappa shape index (κ3) is 2.65. The summed E-state index contributed by atoms with van der Waals surface area (Å²) in [4.78, 5) is 4.80. The highest BCUT2D eigenvalue weighted by Crippen LogP contribution is 2.32. The van der Waals surface area contributed by atoms with Crippen molar-refractivity contribution in [1.29, 1.82) is 0 Å². The minimum absolute atomic E-state index is 0.176. The van der Waals surface area contributed by atoms with Gasteiger partial charge in [-0.05, 0) is 16.3 Å². The topological polar surface area (TPSA) is 38.9 Å². The lowest BCUT2D eigenvalue weighted by molar-refractivity contribution is 0.859. The smallest absolute Gasteiger partial charge is 0.115 e. The van der Waals surface area contributed by atoms with Crippen LogP contribution in [0.3, 0.4) is 0 Å². The van der Waals surface area contributed by atoms with Gasteiger partial charge in [0.25, 0.3) is 0 Å². The molecule has 1 heterocycles. The minimum Gasteiger partial charge on any atom is -0.318 e. The van der Waals surface area contributed by atoms with Gasteiger partial charge in [-0.1, -0.05) is 72.8 Å². The predicted molar refractivity (Wildman–Crippen MR) is 97.5 cm³/mol. The molecule has 0 aliphatic rings. The zero-order valence-electron chi connectivity index (χ0n) is 12.5.